The second-order valence-corrected chi connectivity index (χ2v) is 6.32. The molecule has 1 aromatic rings. The summed E-state index contributed by atoms with van der Waals surface area (Å²) in [6.07, 6.45) is 4.34. The first-order valence-electron chi connectivity index (χ1n) is 7.27. The molecule has 4 rings (SSSR count). The highest BCUT2D eigenvalue weighted by Crippen LogP contribution is 2.54. The van der Waals surface area contributed by atoms with Gasteiger partial charge >= 0.3 is 0 Å². The van der Waals surface area contributed by atoms with Gasteiger partial charge in [0.25, 0.3) is 0 Å². The molecule has 2 fully saturated rings. The maximum atomic E-state index is 11.8. The van der Waals surface area contributed by atoms with E-state index >= 15 is 0 Å². The van der Waals surface area contributed by atoms with Crippen LogP contribution >= 0.6 is 0 Å². The van der Waals surface area contributed by atoms with Crippen molar-refractivity contribution in [3.8, 4) is 5.75 Å². The van der Waals surface area contributed by atoms with Crippen LogP contribution in [0.3, 0.4) is 0 Å². The zero-order valence-corrected chi connectivity index (χ0v) is 11.0. The smallest absolute Gasteiger partial charge is 0.133 e. The molecule has 1 saturated heterocycles. The molecule has 2 aliphatic carbocycles. The Kier molecular flexibility index (Phi) is 2.31. The minimum atomic E-state index is 0.135. The van der Waals surface area contributed by atoms with Crippen LogP contribution in [0.15, 0.2) is 18.2 Å². The van der Waals surface area contributed by atoms with Crippen LogP contribution in [0, 0.1) is 5.92 Å². The number of ketones is 1. The SMILES string of the molecule is O=C1CC[C@]23CCN[C@H](Cc4c(O)cccc42)[C@@H]3C1. The van der Waals surface area contributed by atoms with Gasteiger partial charge in [-0.25, -0.2) is 0 Å². The summed E-state index contributed by atoms with van der Waals surface area (Å²) in [4.78, 5) is 11.8. The third-order valence-electron chi connectivity index (χ3n) is 5.58. The number of benzene rings is 1. The molecule has 0 unspecified atom stereocenters. The third kappa shape index (κ3) is 1.45. The Morgan fingerprint density at radius 2 is 2.16 bits per heavy atom. The van der Waals surface area contributed by atoms with Crippen LogP contribution in [0.5, 0.6) is 5.75 Å². The number of rotatable bonds is 0. The summed E-state index contributed by atoms with van der Waals surface area (Å²) in [6, 6.07) is 6.29. The topological polar surface area (TPSA) is 49.3 Å². The molecule has 1 aliphatic heterocycles. The molecule has 0 amide bonds. The normalized spacial score (nSPS) is 36.5. The number of aromatic hydroxyl groups is 1. The Morgan fingerprint density at radius 3 is 3.05 bits per heavy atom. The fourth-order valence-electron chi connectivity index (χ4n) is 4.71. The van der Waals surface area contributed by atoms with E-state index in [9.17, 15) is 9.90 Å². The van der Waals surface area contributed by atoms with Crippen LogP contribution in [0.25, 0.3) is 0 Å². The summed E-state index contributed by atoms with van der Waals surface area (Å²) in [5, 5.41) is 13.7. The molecule has 1 aromatic carbocycles. The lowest BCUT2D eigenvalue weighted by atomic mass is 9.52. The second-order valence-electron chi connectivity index (χ2n) is 6.32. The predicted molar refractivity (Wildman–Crippen MR) is 72.2 cm³/mol. The lowest BCUT2D eigenvalue weighted by Crippen LogP contribution is -2.60. The van der Waals surface area contributed by atoms with Crippen molar-refractivity contribution in [1.82, 2.24) is 5.32 Å². The van der Waals surface area contributed by atoms with Gasteiger partial charge < -0.3 is 10.4 Å². The Balaban J connectivity index is 1.91. The van der Waals surface area contributed by atoms with Crippen LogP contribution in [-0.4, -0.2) is 23.5 Å². The van der Waals surface area contributed by atoms with Crippen molar-refractivity contribution < 1.29 is 9.90 Å². The molecular formula is C16H19NO2. The van der Waals surface area contributed by atoms with Gasteiger partial charge in [-0.15, -0.1) is 0 Å². The summed E-state index contributed by atoms with van der Waals surface area (Å²) < 4.78 is 0. The summed E-state index contributed by atoms with van der Waals surface area (Å²) in [7, 11) is 0. The number of nitrogens with one attached hydrogen (secondary N) is 1. The van der Waals surface area contributed by atoms with Crippen molar-refractivity contribution in [2.75, 3.05) is 6.54 Å². The Labute approximate surface area is 113 Å². The zero-order chi connectivity index (χ0) is 13.0. The van der Waals surface area contributed by atoms with E-state index in [0.29, 0.717) is 36.3 Å². The van der Waals surface area contributed by atoms with Crippen molar-refractivity contribution in [2.24, 2.45) is 5.92 Å². The van der Waals surface area contributed by atoms with E-state index in [2.05, 4.69) is 11.4 Å². The Hall–Kier alpha value is -1.35. The summed E-state index contributed by atoms with van der Waals surface area (Å²) >= 11 is 0. The number of piperidine rings is 1. The third-order valence-corrected chi connectivity index (χ3v) is 5.58. The molecule has 1 saturated carbocycles. The molecular weight excluding hydrogens is 238 g/mol. The molecule has 3 nitrogen and oxygen atoms in total. The van der Waals surface area contributed by atoms with E-state index in [1.165, 1.54) is 5.56 Å². The Morgan fingerprint density at radius 1 is 1.26 bits per heavy atom. The van der Waals surface area contributed by atoms with E-state index in [4.69, 9.17) is 0 Å². The molecule has 3 heteroatoms. The summed E-state index contributed by atoms with van der Waals surface area (Å²) in [5.41, 5.74) is 2.57. The van der Waals surface area contributed by atoms with Gasteiger partial charge in [0.1, 0.15) is 11.5 Å². The highest BCUT2D eigenvalue weighted by atomic mass is 16.3. The number of Topliss-reactive ketones (excluding diaryl/α,β-unsaturated/α-hetero) is 1. The molecule has 2 bridgehead atoms. The highest BCUT2D eigenvalue weighted by molar-refractivity contribution is 5.80. The van der Waals surface area contributed by atoms with Gasteiger partial charge in [0.05, 0.1) is 0 Å². The van der Waals surface area contributed by atoms with Crippen molar-refractivity contribution >= 4 is 5.78 Å². The molecule has 3 aliphatic rings. The first-order valence-corrected chi connectivity index (χ1v) is 7.27. The predicted octanol–water partition coefficient (Wildman–Crippen LogP) is 1.92. The van der Waals surface area contributed by atoms with Crippen molar-refractivity contribution in [1.29, 1.82) is 0 Å². The molecule has 2 N–H and O–H groups in total. The summed E-state index contributed by atoms with van der Waals surface area (Å²) in [6.45, 7) is 1.03. The molecule has 0 radical (unpaired) electrons. The van der Waals surface area contributed by atoms with E-state index < -0.39 is 0 Å². The number of carbonyl (C=O) groups is 1. The van der Waals surface area contributed by atoms with Crippen molar-refractivity contribution in [3.63, 3.8) is 0 Å². The van der Waals surface area contributed by atoms with Gasteiger partial charge in [-0.3, -0.25) is 4.79 Å². The molecule has 100 valence electrons. The second kappa shape index (κ2) is 3.83. The monoisotopic (exact) mass is 257 g/mol. The minimum Gasteiger partial charge on any atom is -0.508 e. The first-order chi connectivity index (χ1) is 9.21. The lowest BCUT2D eigenvalue weighted by molar-refractivity contribution is -0.125. The maximum Gasteiger partial charge on any atom is 0.133 e. The molecule has 0 aromatic heterocycles. The summed E-state index contributed by atoms with van der Waals surface area (Å²) in [5.74, 6) is 1.27. The molecule has 0 spiro atoms. The largest absolute Gasteiger partial charge is 0.508 e. The van der Waals surface area contributed by atoms with E-state index in [0.717, 1.165) is 31.4 Å². The fraction of sp³-hybridized carbons (Fsp3) is 0.562. The maximum absolute atomic E-state index is 11.8. The number of phenols is 1. The minimum absolute atomic E-state index is 0.135. The quantitative estimate of drug-likeness (QED) is 0.746. The Bertz CT molecular complexity index is 554. The van der Waals surface area contributed by atoms with Crippen LogP contribution in [-0.2, 0) is 16.6 Å². The average molecular weight is 257 g/mol. The molecule has 3 atom stereocenters. The molecule has 19 heavy (non-hydrogen) atoms. The number of fused-ring (bicyclic) bond motifs is 1. The van der Waals surface area contributed by atoms with Gasteiger partial charge in [0.15, 0.2) is 0 Å². The van der Waals surface area contributed by atoms with Crippen molar-refractivity contribution in [2.45, 2.75) is 43.6 Å². The zero-order valence-electron chi connectivity index (χ0n) is 11.0. The van der Waals surface area contributed by atoms with E-state index in [1.54, 1.807) is 6.07 Å². The molecule has 1 heterocycles. The highest BCUT2D eigenvalue weighted by Gasteiger charge is 2.53. The standard InChI is InChI=1S/C16H19NO2/c18-10-4-5-16-6-7-17-14(13(16)8-10)9-11-12(16)2-1-3-15(11)19/h1-3,13-14,17,19H,4-9H2/t13-,14+,16-/m0/s1. The van der Waals surface area contributed by atoms with Crippen LogP contribution < -0.4 is 5.32 Å². The van der Waals surface area contributed by atoms with Crippen LogP contribution in [0.1, 0.15) is 36.8 Å². The first kappa shape index (κ1) is 11.5. The van der Waals surface area contributed by atoms with Gasteiger partial charge in [-0.2, -0.15) is 0 Å². The van der Waals surface area contributed by atoms with Crippen LogP contribution in [0.2, 0.25) is 0 Å². The number of hydrogen-bond donors (Lipinski definition) is 2. The van der Waals surface area contributed by atoms with Crippen molar-refractivity contribution in [3.05, 3.63) is 29.3 Å². The van der Waals surface area contributed by atoms with Gasteiger partial charge in [-0.05, 0) is 48.9 Å². The number of phenolic OH excluding ortho intramolecular Hbond substituents is 1. The van der Waals surface area contributed by atoms with E-state index in [1.807, 2.05) is 6.07 Å². The van der Waals surface area contributed by atoms with E-state index in [-0.39, 0.29) is 5.41 Å². The number of carbonyl (C=O) groups excluding carboxylic acids is 1. The average Bonchev–Trinajstić information content (AvgIpc) is 2.40. The lowest BCUT2D eigenvalue weighted by Gasteiger charge is -2.55. The van der Waals surface area contributed by atoms with Gasteiger partial charge in [0.2, 0.25) is 0 Å². The van der Waals surface area contributed by atoms with Gasteiger partial charge in [-0.1, -0.05) is 12.1 Å². The number of hydrogen-bond acceptors (Lipinski definition) is 3. The van der Waals surface area contributed by atoms with Gasteiger partial charge in [0, 0.05) is 24.3 Å². The van der Waals surface area contributed by atoms with Crippen LogP contribution in [0.4, 0.5) is 0 Å². The fourth-order valence-corrected chi connectivity index (χ4v) is 4.71.